The number of carbonyl (C=O) groups is 1. The summed E-state index contributed by atoms with van der Waals surface area (Å²) < 4.78 is 5.13. The zero-order valence-corrected chi connectivity index (χ0v) is 17.2. The average Bonchev–Trinajstić information content (AvgIpc) is 2.72. The Bertz CT molecular complexity index is 801. The summed E-state index contributed by atoms with van der Waals surface area (Å²) in [6.07, 6.45) is 2.55. The summed E-state index contributed by atoms with van der Waals surface area (Å²) in [5.74, 6) is 1.47. The fraction of sp³-hybridized carbons (Fsp3) is 0.409. The van der Waals surface area contributed by atoms with Gasteiger partial charge in [-0.3, -0.25) is 4.99 Å². The van der Waals surface area contributed by atoms with Gasteiger partial charge in [0.2, 0.25) is 0 Å². The molecule has 0 saturated heterocycles. The summed E-state index contributed by atoms with van der Waals surface area (Å²) in [5.41, 5.74) is 3.68. The van der Waals surface area contributed by atoms with Crippen molar-refractivity contribution in [2.24, 2.45) is 4.99 Å². The fourth-order valence-corrected chi connectivity index (χ4v) is 2.72. The van der Waals surface area contributed by atoms with Gasteiger partial charge in [-0.25, -0.2) is 9.78 Å². The van der Waals surface area contributed by atoms with E-state index in [1.54, 1.807) is 12.1 Å². The first-order valence-electron chi connectivity index (χ1n) is 9.79. The van der Waals surface area contributed by atoms with E-state index < -0.39 is 0 Å². The molecule has 6 heteroatoms. The van der Waals surface area contributed by atoms with Gasteiger partial charge in [0, 0.05) is 31.4 Å². The molecule has 0 aliphatic heterocycles. The highest BCUT2D eigenvalue weighted by atomic mass is 16.5. The molecular weight excluding hydrogens is 352 g/mol. The quantitative estimate of drug-likeness (QED) is 0.384. The summed E-state index contributed by atoms with van der Waals surface area (Å²) in [6, 6.07) is 11.4. The van der Waals surface area contributed by atoms with Crippen molar-refractivity contribution < 1.29 is 9.53 Å². The van der Waals surface area contributed by atoms with Crippen molar-refractivity contribution in [3.63, 3.8) is 0 Å². The zero-order valence-electron chi connectivity index (χ0n) is 17.2. The third-order valence-corrected chi connectivity index (χ3v) is 4.25. The highest BCUT2D eigenvalue weighted by molar-refractivity contribution is 5.94. The van der Waals surface area contributed by atoms with Crippen molar-refractivity contribution in [2.75, 3.05) is 30.8 Å². The van der Waals surface area contributed by atoms with Crippen molar-refractivity contribution >= 4 is 23.3 Å². The summed E-state index contributed by atoms with van der Waals surface area (Å²) in [6.45, 7) is 7.12. The van der Waals surface area contributed by atoms with Crippen LogP contribution in [0.2, 0.25) is 0 Å². The van der Waals surface area contributed by atoms with Crippen molar-refractivity contribution in [3.8, 4) is 0 Å². The van der Waals surface area contributed by atoms with Gasteiger partial charge >= 0.3 is 5.97 Å². The third kappa shape index (κ3) is 6.37. The Morgan fingerprint density at radius 3 is 2.54 bits per heavy atom. The number of benzene rings is 1. The van der Waals surface area contributed by atoms with Gasteiger partial charge in [-0.1, -0.05) is 19.9 Å². The molecule has 0 saturated carbocycles. The molecule has 0 fully saturated rings. The van der Waals surface area contributed by atoms with Gasteiger partial charge in [0.15, 0.2) is 0 Å². The van der Waals surface area contributed by atoms with Crippen molar-refractivity contribution in [1.29, 1.82) is 0 Å². The number of amidine groups is 1. The molecule has 0 spiro atoms. The number of ether oxygens (including phenoxy) is 1. The van der Waals surface area contributed by atoms with Crippen LogP contribution in [0.5, 0.6) is 0 Å². The van der Waals surface area contributed by atoms with Gasteiger partial charge in [0.1, 0.15) is 5.82 Å². The molecule has 0 radical (unpaired) electrons. The number of rotatable bonds is 9. The van der Waals surface area contributed by atoms with E-state index in [9.17, 15) is 4.79 Å². The number of anilines is 2. The summed E-state index contributed by atoms with van der Waals surface area (Å²) in [5, 5.41) is 6.39. The minimum Gasteiger partial charge on any atom is -0.462 e. The molecule has 1 aromatic heterocycles. The van der Waals surface area contributed by atoms with E-state index in [2.05, 4.69) is 39.7 Å². The van der Waals surface area contributed by atoms with Gasteiger partial charge in [0.25, 0.3) is 0 Å². The number of pyridine rings is 1. The van der Waals surface area contributed by atoms with E-state index in [1.807, 2.05) is 33.0 Å². The summed E-state index contributed by atoms with van der Waals surface area (Å²) in [7, 11) is 1.90. The Balaban J connectivity index is 1.88. The molecule has 0 bridgehead atoms. The number of aryl methyl sites for hydroxylation is 1. The Kier molecular flexibility index (Phi) is 8.46. The predicted octanol–water partition coefficient (Wildman–Crippen LogP) is 4.33. The SMILES string of the molecule is CCCOC(=O)c1ccc(NC(C)=NCCc2ccc(CC)c(NC)n2)cc1. The maximum atomic E-state index is 11.8. The minimum atomic E-state index is -0.290. The summed E-state index contributed by atoms with van der Waals surface area (Å²) in [4.78, 5) is 21.0. The van der Waals surface area contributed by atoms with Crippen molar-refractivity contribution in [2.45, 2.75) is 40.0 Å². The van der Waals surface area contributed by atoms with Crippen LogP contribution in [0.25, 0.3) is 0 Å². The lowest BCUT2D eigenvalue weighted by Crippen LogP contribution is -2.10. The number of aromatic nitrogens is 1. The first-order valence-corrected chi connectivity index (χ1v) is 9.79. The van der Waals surface area contributed by atoms with Crippen LogP contribution >= 0.6 is 0 Å². The second-order valence-electron chi connectivity index (χ2n) is 6.47. The zero-order chi connectivity index (χ0) is 20.4. The normalized spacial score (nSPS) is 11.2. The first-order chi connectivity index (χ1) is 13.6. The molecule has 2 rings (SSSR count). The maximum absolute atomic E-state index is 11.8. The first kappa shape index (κ1) is 21.4. The van der Waals surface area contributed by atoms with Gasteiger partial charge in [0.05, 0.1) is 18.0 Å². The van der Waals surface area contributed by atoms with Crippen LogP contribution in [0.4, 0.5) is 11.5 Å². The molecule has 0 aliphatic rings. The lowest BCUT2D eigenvalue weighted by atomic mass is 10.1. The van der Waals surface area contributed by atoms with E-state index in [4.69, 9.17) is 4.74 Å². The van der Waals surface area contributed by atoms with Gasteiger partial charge in [-0.2, -0.15) is 0 Å². The molecule has 2 N–H and O–H groups in total. The maximum Gasteiger partial charge on any atom is 0.338 e. The highest BCUT2D eigenvalue weighted by Crippen LogP contribution is 2.14. The van der Waals surface area contributed by atoms with Crippen LogP contribution in [0.1, 0.15) is 48.8 Å². The highest BCUT2D eigenvalue weighted by Gasteiger charge is 2.06. The molecule has 150 valence electrons. The number of hydrogen-bond donors (Lipinski definition) is 2. The Labute approximate surface area is 167 Å². The Morgan fingerprint density at radius 1 is 1.14 bits per heavy atom. The van der Waals surface area contributed by atoms with Crippen LogP contribution in [0.15, 0.2) is 41.4 Å². The predicted molar refractivity (Wildman–Crippen MR) is 115 cm³/mol. The molecular formula is C22H30N4O2. The number of nitrogens with one attached hydrogen (secondary N) is 2. The second kappa shape index (κ2) is 11.1. The van der Waals surface area contributed by atoms with Gasteiger partial charge in [-0.05, 0) is 55.7 Å². The number of nitrogens with zero attached hydrogens (tertiary/aromatic N) is 2. The molecule has 1 aromatic carbocycles. The number of carbonyl (C=O) groups excluding carboxylic acids is 1. The smallest absolute Gasteiger partial charge is 0.338 e. The monoisotopic (exact) mass is 382 g/mol. The standard InChI is InChI=1S/C22H30N4O2/c1-5-15-28-22(27)18-8-11-19(12-9-18)25-16(3)24-14-13-20-10-7-17(6-2)21(23-4)26-20/h7-12H,5-6,13-15H2,1-4H3,(H,23,26)(H,24,25). The number of esters is 1. The largest absolute Gasteiger partial charge is 0.462 e. The molecule has 1 heterocycles. The van der Waals surface area contributed by atoms with Gasteiger partial charge < -0.3 is 15.4 Å². The topological polar surface area (TPSA) is 75.6 Å². The fourth-order valence-electron chi connectivity index (χ4n) is 2.72. The van der Waals surface area contributed by atoms with E-state index in [0.29, 0.717) is 18.7 Å². The van der Waals surface area contributed by atoms with Crippen LogP contribution in [0.3, 0.4) is 0 Å². The lowest BCUT2D eigenvalue weighted by molar-refractivity contribution is 0.0505. The molecule has 0 amide bonds. The van der Waals surface area contributed by atoms with Crippen LogP contribution in [-0.2, 0) is 17.6 Å². The number of aliphatic imine (C=N–C) groups is 1. The van der Waals surface area contributed by atoms with Crippen LogP contribution in [0, 0.1) is 0 Å². The lowest BCUT2D eigenvalue weighted by Gasteiger charge is -2.09. The molecule has 6 nitrogen and oxygen atoms in total. The molecule has 2 aromatic rings. The van der Waals surface area contributed by atoms with Gasteiger partial charge in [-0.15, -0.1) is 0 Å². The molecule has 28 heavy (non-hydrogen) atoms. The van der Waals surface area contributed by atoms with E-state index >= 15 is 0 Å². The summed E-state index contributed by atoms with van der Waals surface area (Å²) >= 11 is 0. The minimum absolute atomic E-state index is 0.290. The van der Waals surface area contributed by atoms with Crippen molar-refractivity contribution in [3.05, 3.63) is 53.2 Å². The van der Waals surface area contributed by atoms with Crippen LogP contribution in [-0.4, -0.2) is 37.0 Å². The molecule has 0 aliphatic carbocycles. The molecule has 0 atom stereocenters. The van der Waals surface area contributed by atoms with E-state index in [1.165, 1.54) is 5.56 Å². The molecule has 0 unspecified atom stereocenters. The third-order valence-electron chi connectivity index (χ3n) is 4.25. The average molecular weight is 383 g/mol. The second-order valence-corrected chi connectivity index (χ2v) is 6.47. The Morgan fingerprint density at radius 2 is 1.89 bits per heavy atom. The Hall–Kier alpha value is -2.89. The van der Waals surface area contributed by atoms with Crippen molar-refractivity contribution in [1.82, 2.24) is 4.98 Å². The van der Waals surface area contributed by atoms with Crippen LogP contribution < -0.4 is 10.6 Å². The van der Waals surface area contributed by atoms with E-state index in [-0.39, 0.29) is 5.97 Å². The van der Waals surface area contributed by atoms with E-state index in [0.717, 1.165) is 42.3 Å². The number of hydrogen-bond acceptors (Lipinski definition) is 5.